The lowest BCUT2D eigenvalue weighted by Crippen LogP contribution is -2.41. The van der Waals surface area contributed by atoms with Gasteiger partial charge in [0.1, 0.15) is 0 Å². The molecular formula is C17H21NO4. The van der Waals surface area contributed by atoms with Crippen LogP contribution in [0.2, 0.25) is 0 Å². The Morgan fingerprint density at radius 2 is 1.68 bits per heavy atom. The number of hydrogen-bond acceptors (Lipinski definition) is 3. The van der Waals surface area contributed by atoms with E-state index in [1.54, 1.807) is 12.1 Å². The molecule has 5 nitrogen and oxygen atoms in total. The molecule has 2 heterocycles. The molecule has 1 amide bonds. The Hall–Kier alpha value is -1.88. The van der Waals surface area contributed by atoms with Gasteiger partial charge in [-0.25, -0.2) is 4.79 Å². The van der Waals surface area contributed by atoms with Gasteiger partial charge in [0.25, 0.3) is 5.91 Å². The average Bonchev–Trinajstić information content (AvgIpc) is 3.04. The second-order valence-electron chi connectivity index (χ2n) is 6.04. The summed E-state index contributed by atoms with van der Waals surface area (Å²) in [7, 11) is 0. The van der Waals surface area contributed by atoms with Gasteiger partial charge in [-0.15, -0.1) is 0 Å². The van der Waals surface area contributed by atoms with Crippen LogP contribution in [0.1, 0.15) is 46.4 Å². The molecule has 2 saturated heterocycles. The summed E-state index contributed by atoms with van der Waals surface area (Å²) >= 11 is 0. The molecule has 1 N–H and O–H groups in total. The lowest BCUT2D eigenvalue weighted by molar-refractivity contribution is 0.0322. The third-order valence-corrected chi connectivity index (χ3v) is 4.75. The number of carboxylic acids is 1. The quantitative estimate of drug-likeness (QED) is 0.931. The van der Waals surface area contributed by atoms with Gasteiger partial charge < -0.3 is 14.7 Å². The zero-order chi connectivity index (χ0) is 15.5. The van der Waals surface area contributed by atoms with Crippen molar-refractivity contribution in [3.8, 4) is 0 Å². The van der Waals surface area contributed by atoms with Crippen LogP contribution < -0.4 is 0 Å². The van der Waals surface area contributed by atoms with Gasteiger partial charge in [-0.3, -0.25) is 4.79 Å². The largest absolute Gasteiger partial charge is 0.478 e. The molecule has 118 valence electrons. The highest BCUT2D eigenvalue weighted by Gasteiger charge is 2.35. The van der Waals surface area contributed by atoms with E-state index in [-0.39, 0.29) is 11.5 Å². The summed E-state index contributed by atoms with van der Waals surface area (Å²) in [4.78, 5) is 25.6. The smallest absolute Gasteiger partial charge is 0.335 e. The summed E-state index contributed by atoms with van der Waals surface area (Å²) in [5.74, 6) is -0.426. The number of amides is 1. The number of carboxylic acid groups (broad SMARTS) is 1. The van der Waals surface area contributed by atoms with E-state index in [9.17, 15) is 9.59 Å². The normalized spacial score (nSPS) is 22.7. The van der Waals surface area contributed by atoms with Crippen LogP contribution in [-0.4, -0.2) is 47.7 Å². The Bertz CT molecular complexity index is 548. The molecule has 5 heteroatoms. The standard InChI is InChI=1S/C17H21NO4/c19-16(13-3-5-14(6-4-13)17(20)21)18-9-1-2-15(18)12-7-10-22-11-8-12/h3-6,12,15H,1-2,7-11H2,(H,20,21)/t15-/m1/s1. The van der Waals surface area contributed by atoms with Crippen molar-refractivity contribution in [1.29, 1.82) is 0 Å². The number of carbonyl (C=O) groups excluding carboxylic acids is 1. The van der Waals surface area contributed by atoms with Gasteiger partial charge in [0.2, 0.25) is 0 Å². The van der Waals surface area contributed by atoms with E-state index in [0.29, 0.717) is 17.5 Å². The van der Waals surface area contributed by atoms with Crippen LogP contribution >= 0.6 is 0 Å². The zero-order valence-electron chi connectivity index (χ0n) is 12.5. The SMILES string of the molecule is O=C(O)c1ccc(C(=O)N2CCC[C@@H]2C2CCOCC2)cc1. The number of likely N-dealkylation sites (tertiary alicyclic amines) is 1. The Labute approximate surface area is 129 Å². The first-order valence-corrected chi connectivity index (χ1v) is 7.89. The van der Waals surface area contributed by atoms with Crippen molar-refractivity contribution in [3.05, 3.63) is 35.4 Å². The average molecular weight is 303 g/mol. The first kappa shape index (κ1) is 15.0. The van der Waals surface area contributed by atoms with E-state index in [1.165, 1.54) is 12.1 Å². The summed E-state index contributed by atoms with van der Waals surface area (Å²) in [5.41, 5.74) is 0.780. The highest BCUT2D eigenvalue weighted by atomic mass is 16.5. The maximum atomic E-state index is 12.7. The van der Waals surface area contributed by atoms with Crippen LogP contribution in [0, 0.1) is 5.92 Å². The molecule has 1 aromatic rings. The fraction of sp³-hybridized carbons (Fsp3) is 0.529. The van der Waals surface area contributed by atoms with Gasteiger partial charge in [0.05, 0.1) is 5.56 Å². The van der Waals surface area contributed by atoms with E-state index in [1.807, 2.05) is 4.90 Å². The molecule has 22 heavy (non-hydrogen) atoms. The Kier molecular flexibility index (Phi) is 4.43. The van der Waals surface area contributed by atoms with Crippen molar-refractivity contribution >= 4 is 11.9 Å². The van der Waals surface area contributed by atoms with Gasteiger partial charge >= 0.3 is 5.97 Å². The molecule has 1 aromatic carbocycles. The number of nitrogens with zero attached hydrogens (tertiary/aromatic N) is 1. The topological polar surface area (TPSA) is 66.8 Å². The molecular weight excluding hydrogens is 282 g/mol. The van der Waals surface area contributed by atoms with Crippen molar-refractivity contribution in [2.45, 2.75) is 31.7 Å². The molecule has 1 atom stereocenters. The van der Waals surface area contributed by atoms with Crippen LogP contribution in [0.15, 0.2) is 24.3 Å². The number of aromatic carboxylic acids is 1. The molecule has 0 bridgehead atoms. The number of benzene rings is 1. The minimum Gasteiger partial charge on any atom is -0.478 e. The van der Waals surface area contributed by atoms with E-state index >= 15 is 0 Å². The van der Waals surface area contributed by atoms with Crippen LogP contribution in [0.4, 0.5) is 0 Å². The molecule has 2 fully saturated rings. The maximum absolute atomic E-state index is 12.7. The Balaban J connectivity index is 1.73. The lowest BCUT2D eigenvalue weighted by atomic mass is 9.90. The molecule has 0 radical (unpaired) electrons. The third-order valence-electron chi connectivity index (χ3n) is 4.75. The first-order chi connectivity index (χ1) is 10.7. The molecule has 3 rings (SSSR count). The van der Waals surface area contributed by atoms with E-state index in [2.05, 4.69) is 0 Å². The van der Waals surface area contributed by atoms with Crippen molar-refractivity contribution in [1.82, 2.24) is 4.90 Å². The highest BCUT2D eigenvalue weighted by molar-refractivity contribution is 5.96. The lowest BCUT2D eigenvalue weighted by Gasteiger charge is -2.34. The van der Waals surface area contributed by atoms with E-state index in [0.717, 1.165) is 45.4 Å². The summed E-state index contributed by atoms with van der Waals surface area (Å²) in [6.45, 7) is 2.37. The third kappa shape index (κ3) is 2.99. The van der Waals surface area contributed by atoms with Crippen molar-refractivity contribution in [2.24, 2.45) is 5.92 Å². The summed E-state index contributed by atoms with van der Waals surface area (Å²) in [5, 5.41) is 8.93. The molecule has 0 aromatic heterocycles. The zero-order valence-corrected chi connectivity index (χ0v) is 12.5. The van der Waals surface area contributed by atoms with Crippen LogP contribution in [-0.2, 0) is 4.74 Å². The van der Waals surface area contributed by atoms with Crippen molar-refractivity contribution < 1.29 is 19.4 Å². The Morgan fingerprint density at radius 1 is 1.05 bits per heavy atom. The van der Waals surface area contributed by atoms with E-state index < -0.39 is 5.97 Å². The predicted octanol–water partition coefficient (Wildman–Crippen LogP) is 2.42. The molecule has 0 unspecified atom stereocenters. The van der Waals surface area contributed by atoms with Crippen molar-refractivity contribution in [2.75, 3.05) is 19.8 Å². The summed E-state index contributed by atoms with van der Waals surface area (Å²) in [6, 6.07) is 6.52. The summed E-state index contributed by atoms with van der Waals surface area (Å²) < 4.78 is 5.42. The van der Waals surface area contributed by atoms with E-state index in [4.69, 9.17) is 9.84 Å². The number of ether oxygens (including phenoxy) is 1. The molecule has 0 aliphatic carbocycles. The Morgan fingerprint density at radius 3 is 2.32 bits per heavy atom. The van der Waals surface area contributed by atoms with Gasteiger partial charge in [-0.1, -0.05) is 0 Å². The first-order valence-electron chi connectivity index (χ1n) is 7.89. The second-order valence-corrected chi connectivity index (χ2v) is 6.04. The fourth-order valence-electron chi connectivity index (χ4n) is 3.56. The number of carbonyl (C=O) groups is 2. The van der Waals surface area contributed by atoms with Gasteiger partial charge in [0.15, 0.2) is 0 Å². The molecule has 0 saturated carbocycles. The molecule has 0 spiro atoms. The fourth-order valence-corrected chi connectivity index (χ4v) is 3.56. The minimum atomic E-state index is -0.972. The predicted molar refractivity (Wildman–Crippen MR) is 81.0 cm³/mol. The van der Waals surface area contributed by atoms with Crippen LogP contribution in [0.5, 0.6) is 0 Å². The molecule has 2 aliphatic heterocycles. The minimum absolute atomic E-state index is 0.0194. The summed E-state index contributed by atoms with van der Waals surface area (Å²) in [6.07, 6.45) is 4.14. The maximum Gasteiger partial charge on any atom is 0.335 e. The number of rotatable bonds is 3. The monoisotopic (exact) mass is 303 g/mol. The van der Waals surface area contributed by atoms with Crippen LogP contribution in [0.3, 0.4) is 0 Å². The second kappa shape index (κ2) is 6.48. The van der Waals surface area contributed by atoms with Gasteiger partial charge in [-0.05, 0) is 55.9 Å². The van der Waals surface area contributed by atoms with Gasteiger partial charge in [0, 0.05) is 31.4 Å². The molecule has 2 aliphatic rings. The van der Waals surface area contributed by atoms with Crippen LogP contribution in [0.25, 0.3) is 0 Å². The number of hydrogen-bond donors (Lipinski definition) is 1. The highest BCUT2D eigenvalue weighted by Crippen LogP contribution is 2.31. The van der Waals surface area contributed by atoms with Gasteiger partial charge in [-0.2, -0.15) is 0 Å². The van der Waals surface area contributed by atoms with Crippen molar-refractivity contribution in [3.63, 3.8) is 0 Å².